The molecule has 0 aliphatic heterocycles. The molecular weight excluding hydrogens is 578 g/mol. The summed E-state index contributed by atoms with van der Waals surface area (Å²) in [5.74, 6) is 2.44. The zero-order valence-electron chi connectivity index (χ0n) is 29.5. The van der Waals surface area contributed by atoms with Gasteiger partial charge in [0.2, 0.25) is 0 Å². The number of nitro groups is 1. The maximum atomic E-state index is 11.5. The molecule has 0 saturated heterocycles. The van der Waals surface area contributed by atoms with Crippen LogP contribution >= 0.6 is 0 Å². The molecule has 0 saturated carbocycles. The Morgan fingerprint density at radius 1 is 0.681 bits per heavy atom. The fraction of sp³-hybridized carbons (Fsp3) is 0.357. The van der Waals surface area contributed by atoms with Gasteiger partial charge in [0.1, 0.15) is 23.8 Å². The van der Waals surface area contributed by atoms with Crippen molar-refractivity contribution in [1.82, 2.24) is 4.57 Å². The summed E-state index contributed by atoms with van der Waals surface area (Å²) in [6.45, 7) is 20.3. The third-order valence-corrected chi connectivity index (χ3v) is 9.40. The van der Waals surface area contributed by atoms with Gasteiger partial charge in [0.15, 0.2) is 0 Å². The number of aromatic nitrogens is 2. The molecule has 244 valence electrons. The van der Waals surface area contributed by atoms with Crippen LogP contribution in [-0.2, 0) is 6.42 Å². The van der Waals surface area contributed by atoms with E-state index in [1.165, 1.54) is 50.6 Å². The van der Waals surface area contributed by atoms with Crippen LogP contribution in [0.5, 0.6) is 0 Å². The fourth-order valence-corrected chi connectivity index (χ4v) is 6.84. The van der Waals surface area contributed by atoms with Crippen molar-refractivity contribution in [2.75, 3.05) is 0 Å². The summed E-state index contributed by atoms with van der Waals surface area (Å²) in [7, 11) is 0. The van der Waals surface area contributed by atoms with Crippen LogP contribution in [0, 0.1) is 17.0 Å². The van der Waals surface area contributed by atoms with Gasteiger partial charge in [0.25, 0.3) is 11.5 Å². The van der Waals surface area contributed by atoms with Crippen LogP contribution in [0.1, 0.15) is 130 Å². The number of nitrogens with zero attached hydrogens (tertiary/aromatic N) is 3. The topological polar surface area (TPSA) is 52.0 Å². The monoisotopic (exact) mass is 628 g/mol. The second kappa shape index (κ2) is 14.1. The number of nitro benzene ring substituents is 1. The molecule has 1 atom stereocenters. The lowest BCUT2D eigenvalue weighted by molar-refractivity contribution is -0.606. The molecule has 0 N–H and O–H groups in total. The van der Waals surface area contributed by atoms with Crippen LogP contribution in [0.3, 0.4) is 0 Å². The molecule has 0 aliphatic rings. The number of aryl methyl sites for hydroxylation is 1. The van der Waals surface area contributed by atoms with Gasteiger partial charge in [0.05, 0.1) is 10.8 Å². The van der Waals surface area contributed by atoms with Crippen molar-refractivity contribution in [2.45, 2.75) is 98.3 Å². The van der Waals surface area contributed by atoms with Gasteiger partial charge in [-0.3, -0.25) is 10.1 Å². The quantitative estimate of drug-likeness (QED) is 0.0830. The Bertz CT molecular complexity index is 1710. The molecule has 5 aromatic rings. The number of rotatable bonds is 11. The zero-order valence-corrected chi connectivity index (χ0v) is 29.5. The van der Waals surface area contributed by atoms with Gasteiger partial charge < -0.3 is 0 Å². The van der Waals surface area contributed by atoms with Crippen molar-refractivity contribution in [2.24, 2.45) is 0 Å². The van der Waals surface area contributed by atoms with E-state index in [0.29, 0.717) is 30.1 Å². The first-order valence-corrected chi connectivity index (χ1v) is 17.1. The third-order valence-electron chi connectivity index (χ3n) is 9.40. The summed E-state index contributed by atoms with van der Waals surface area (Å²) in [6.07, 6.45) is 5.22. The smallest absolute Gasteiger partial charge is 0.258 e. The Morgan fingerprint density at radius 3 is 1.64 bits per heavy atom. The van der Waals surface area contributed by atoms with Crippen molar-refractivity contribution >= 4 is 5.69 Å². The lowest BCUT2D eigenvalue weighted by Gasteiger charge is -2.23. The highest BCUT2D eigenvalue weighted by Gasteiger charge is 2.35. The van der Waals surface area contributed by atoms with Crippen molar-refractivity contribution in [3.8, 4) is 11.4 Å². The molecule has 0 spiro atoms. The fourth-order valence-electron chi connectivity index (χ4n) is 6.84. The first kappa shape index (κ1) is 33.8. The minimum absolute atomic E-state index is 0.0486. The van der Waals surface area contributed by atoms with E-state index in [4.69, 9.17) is 0 Å². The number of non-ortho nitro benzene ring substituents is 1. The molecule has 0 bridgehead atoms. The number of hydrogen-bond donors (Lipinski definition) is 0. The lowest BCUT2D eigenvalue weighted by atomic mass is 9.88. The van der Waals surface area contributed by atoms with E-state index in [-0.39, 0.29) is 16.5 Å². The molecular formula is C42H50N3O2+. The summed E-state index contributed by atoms with van der Waals surface area (Å²) < 4.78 is 4.92. The molecule has 5 rings (SSSR count). The van der Waals surface area contributed by atoms with E-state index in [9.17, 15) is 10.1 Å². The Balaban J connectivity index is 1.91. The van der Waals surface area contributed by atoms with Gasteiger partial charge in [-0.2, -0.15) is 9.13 Å². The van der Waals surface area contributed by atoms with Crippen LogP contribution in [0.25, 0.3) is 11.4 Å². The van der Waals surface area contributed by atoms with Crippen molar-refractivity contribution in [3.05, 3.63) is 152 Å². The summed E-state index contributed by atoms with van der Waals surface area (Å²) in [5, 5.41) is 11.5. The number of para-hydroxylation sites is 2. The third kappa shape index (κ3) is 6.95. The predicted octanol–water partition coefficient (Wildman–Crippen LogP) is 10.8. The lowest BCUT2D eigenvalue weighted by Crippen LogP contribution is -2.39. The molecule has 1 aromatic heterocycles. The Kier molecular flexibility index (Phi) is 10.1. The van der Waals surface area contributed by atoms with Crippen molar-refractivity contribution < 1.29 is 9.49 Å². The number of hydrogen-bond acceptors (Lipinski definition) is 2. The zero-order chi connectivity index (χ0) is 34.0. The average Bonchev–Trinajstić information content (AvgIpc) is 3.47. The normalized spacial score (nSPS) is 12.4. The van der Waals surface area contributed by atoms with Gasteiger partial charge in [-0.25, -0.2) is 0 Å². The Hall–Kier alpha value is -4.51. The van der Waals surface area contributed by atoms with Gasteiger partial charge in [-0.1, -0.05) is 134 Å². The first-order chi connectivity index (χ1) is 22.4. The van der Waals surface area contributed by atoms with Crippen LogP contribution < -0.4 is 4.57 Å². The maximum Gasteiger partial charge on any atom is 0.274 e. The largest absolute Gasteiger partial charge is 0.274 e. The predicted molar refractivity (Wildman–Crippen MR) is 193 cm³/mol. The molecule has 4 aromatic carbocycles. The Labute approximate surface area is 281 Å². The van der Waals surface area contributed by atoms with Gasteiger partial charge >= 0.3 is 0 Å². The summed E-state index contributed by atoms with van der Waals surface area (Å²) in [4.78, 5) is 11.2. The average molecular weight is 629 g/mol. The highest BCUT2D eigenvalue weighted by molar-refractivity contribution is 5.53. The maximum absolute atomic E-state index is 11.5. The summed E-state index contributed by atoms with van der Waals surface area (Å²) >= 11 is 0. The molecule has 0 aliphatic carbocycles. The number of benzene rings is 4. The highest BCUT2D eigenvalue weighted by Crippen LogP contribution is 2.37. The van der Waals surface area contributed by atoms with Gasteiger partial charge in [0, 0.05) is 34.4 Å². The molecule has 0 amide bonds. The SMILES string of the molecule is Cc1ccc(C(Cc2ccc([N+](=O)[O-])cc2)c2n(-c3c(C(C)C)cccc3C(C)C)cc[n+]2-c2c(C(C)C)cccc2C(C)C)cc1. The van der Waals surface area contributed by atoms with Crippen LogP contribution in [0.15, 0.2) is 97.3 Å². The van der Waals surface area contributed by atoms with Gasteiger partial charge in [-0.15, -0.1) is 0 Å². The second-order valence-electron chi connectivity index (χ2n) is 14.2. The van der Waals surface area contributed by atoms with Crippen LogP contribution in [0.2, 0.25) is 0 Å². The van der Waals surface area contributed by atoms with Crippen molar-refractivity contribution in [1.29, 1.82) is 0 Å². The number of imidazole rings is 1. The van der Waals surface area contributed by atoms with E-state index >= 15 is 0 Å². The van der Waals surface area contributed by atoms with E-state index in [1.807, 2.05) is 12.1 Å². The standard InChI is InChI=1S/C42H50N3O2/c1-27(2)35-12-10-13-36(28(3)4)40(35)43-24-25-44(41-37(29(5)6)14-11-15-38(41)30(7)8)42(43)39(33-20-16-31(9)17-21-33)26-32-18-22-34(23-19-32)45(46)47/h10-25,27-30,39H,26H2,1-9H3/q+1. The molecule has 1 heterocycles. The molecule has 1 unspecified atom stereocenters. The van der Waals surface area contributed by atoms with Crippen LogP contribution in [0.4, 0.5) is 5.69 Å². The molecule has 5 heteroatoms. The Morgan fingerprint density at radius 2 is 1.17 bits per heavy atom. The molecule has 47 heavy (non-hydrogen) atoms. The van der Waals surface area contributed by atoms with E-state index in [1.54, 1.807) is 12.1 Å². The molecule has 0 fully saturated rings. The summed E-state index contributed by atoms with van der Waals surface area (Å²) in [6, 6.07) is 29.5. The van der Waals surface area contributed by atoms with E-state index < -0.39 is 0 Å². The van der Waals surface area contributed by atoms with Gasteiger partial charge in [-0.05, 0) is 48.1 Å². The minimum Gasteiger partial charge on any atom is -0.258 e. The van der Waals surface area contributed by atoms with E-state index in [2.05, 4.69) is 145 Å². The second-order valence-corrected chi connectivity index (χ2v) is 14.2. The molecule has 0 radical (unpaired) electrons. The first-order valence-electron chi connectivity index (χ1n) is 17.1. The summed E-state index contributed by atoms with van der Waals surface area (Å²) in [5.41, 5.74) is 11.4. The van der Waals surface area contributed by atoms with E-state index in [0.717, 1.165) is 5.56 Å². The molecule has 5 nitrogen and oxygen atoms in total. The van der Waals surface area contributed by atoms with Crippen molar-refractivity contribution in [3.63, 3.8) is 0 Å². The van der Waals surface area contributed by atoms with Crippen LogP contribution in [-0.4, -0.2) is 9.49 Å². The minimum atomic E-state index is -0.326. The highest BCUT2D eigenvalue weighted by atomic mass is 16.6.